The lowest BCUT2D eigenvalue weighted by Crippen LogP contribution is -2.43. The second kappa shape index (κ2) is 9.72. The summed E-state index contributed by atoms with van der Waals surface area (Å²) in [5, 5.41) is 5.54. The number of hydrogen-bond donors (Lipinski definition) is 2. The number of likely N-dealkylation sites (tertiary alicyclic amines) is 2. The van der Waals surface area contributed by atoms with Gasteiger partial charge in [-0.05, 0) is 69.2 Å². The van der Waals surface area contributed by atoms with Crippen molar-refractivity contribution in [2.45, 2.75) is 51.6 Å². The smallest absolute Gasteiger partial charge is 0.188 e. The third-order valence-electron chi connectivity index (χ3n) is 5.99. The molecule has 26 heavy (non-hydrogen) atoms. The summed E-state index contributed by atoms with van der Waals surface area (Å²) in [6.45, 7) is 10.9. The molecule has 0 radical (unpaired) electrons. The first-order valence-electron chi connectivity index (χ1n) is 10.2. The Morgan fingerprint density at radius 2 is 2.15 bits per heavy atom. The second-order valence-corrected chi connectivity index (χ2v) is 8.76. The highest BCUT2D eigenvalue weighted by Gasteiger charge is 2.25. The van der Waals surface area contributed by atoms with Crippen LogP contribution in [0.15, 0.2) is 22.5 Å². The van der Waals surface area contributed by atoms with Crippen molar-refractivity contribution in [2.24, 2.45) is 16.6 Å². The molecule has 5 nitrogen and oxygen atoms in total. The van der Waals surface area contributed by atoms with E-state index >= 15 is 0 Å². The summed E-state index contributed by atoms with van der Waals surface area (Å²) in [5.41, 5.74) is 6.20. The van der Waals surface area contributed by atoms with Gasteiger partial charge in [0.25, 0.3) is 0 Å². The van der Waals surface area contributed by atoms with E-state index in [-0.39, 0.29) is 0 Å². The Hall–Kier alpha value is -1.11. The summed E-state index contributed by atoms with van der Waals surface area (Å²) in [5.74, 6) is 1.44. The molecule has 2 unspecified atom stereocenters. The third-order valence-corrected chi connectivity index (χ3v) is 6.96. The number of thiophene rings is 1. The van der Waals surface area contributed by atoms with E-state index in [4.69, 9.17) is 10.7 Å². The minimum Gasteiger partial charge on any atom is -0.370 e. The van der Waals surface area contributed by atoms with Gasteiger partial charge in [0.1, 0.15) is 0 Å². The van der Waals surface area contributed by atoms with Gasteiger partial charge in [-0.25, -0.2) is 0 Å². The van der Waals surface area contributed by atoms with Crippen molar-refractivity contribution >= 4 is 17.3 Å². The summed E-state index contributed by atoms with van der Waals surface area (Å²) in [4.78, 5) is 11.2. The number of nitrogens with one attached hydrogen (secondary N) is 1. The number of rotatable bonds is 7. The number of likely N-dealkylation sites (N-methyl/N-ethyl adjacent to an activating group) is 1. The first-order chi connectivity index (χ1) is 12.7. The van der Waals surface area contributed by atoms with E-state index in [2.05, 4.69) is 46.5 Å². The number of piperidine rings is 1. The molecule has 3 N–H and O–H groups in total. The predicted molar refractivity (Wildman–Crippen MR) is 112 cm³/mol. The van der Waals surface area contributed by atoms with Crippen molar-refractivity contribution in [2.75, 3.05) is 39.3 Å². The first-order valence-corrected chi connectivity index (χ1v) is 11.1. The number of guanidine groups is 1. The normalized spacial score (nSPS) is 24.8. The number of nitrogens with two attached hydrogens (primary N) is 1. The molecule has 0 aliphatic carbocycles. The first kappa shape index (κ1) is 19.6. The van der Waals surface area contributed by atoms with Crippen molar-refractivity contribution in [3.8, 4) is 0 Å². The van der Waals surface area contributed by atoms with Gasteiger partial charge in [0.2, 0.25) is 0 Å². The van der Waals surface area contributed by atoms with E-state index in [0.29, 0.717) is 18.0 Å². The van der Waals surface area contributed by atoms with Crippen LogP contribution in [0.5, 0.6) is 0 Å². The fourth-order valence-electron chi connectivity index (χ4n) is 4.21. The molecule has 0 amide bonds. The maximum Gasteiger partial charge on any atom is 0.188 e. The zero-order valence-electron chi connectivity index (χ0n) is 16.4. The van der Waals surface area contributed by atoms with Crippen LogP contribution in [0.4, 0.5) is 0 Å². The van der Waals surface area contributed by atoms with E-state index in [9.17, 15) is 0 Å². The molecule has 2 atom stereocenters. The van der Waals surface area contributed by atoms with Crippen LogP contribution >= 0.6 is 11.3 Å². The van der Waals surface area contributed by atoms with Gasteiger partial charge < -0.3 is 11.1 Å². The van der Waals surface area contributed by atoms with Gasteiger partial charge in [-0.1, -0.05) is 19.9 Å². The van der Waals surface area contributed by atoms with Gasteiger partial charge in [-0.2, -0.15) is 0 Å². The van der Waals surface area contributed by atoms with Crippen LogP contribution in [0.25, 0.3) is 0 Å². The largest absolute Gasteiger partial charge is 0.370 e. The SMILES string of the molecule is CCN1CCCC1CNC(N)=NCC(c1cccs1)N1CCC(C)CC1. The molecule has 0 spiro atoms. The zero-order valence-corrected chi connectivity index (χ0v) is 17.2. The van der Waals surface area contributed by atoms with E-state index in [1.165, 1.54) is 50.2 Å². The molecule has 1 aromatic heterocycles. The Balaban J connectivity index is 1.55. The maximum absolute atomic E-state index is 6.20. The van der Waals surface area contributed by atoms with Crippen LogP contribution < -0.4 is 11.1 Å². The van der Waals surface area contributed by atoms with Crippen molar-refractivity contribution in [1.82, 2.24) is 15.1 Å². The molecule has 0 bridgehead atoms. The van der Waals surface area contributed by atoms with E-state index in [1.807, 2.05) is 11.3 Å². The molecule has 3 rings (SSSR count). The Bertz CT molecular complexity index is 551. The van der Waals surface area contributed by atoms with Gasteiger partial charge in [-0.15, -0.1) is 11.3 Å². The third kappa shape index (κ3) is 5.21. The van der Waals surface area contributed by atoms with Crippen LogP contribution in [0.1, 0.15) is 50.4 Å². The quantitative estimate of drug-likeness (QED) is 0.567. The summed E-state index contributed by atoms with van der Waals surface area (Å²) in [6, 6.07) is 5.35. The highest BCUT2D eigenvalue weighted by atomic mass is 32.1. The molecule has 3 heterocycles. The van der Waals surface area contributed by atoms with Crippen molar-refractivity contribution in [3.05, 3.63) is 22.4 Å². The molecular formula is C20H35N5S. The van der Waals surface area contributed by atoms with Gasteiger partial charge in [-0.3, -0.25) is 14.8 Å². The lowest BCUT2D eigenvalue weighted by molar-refractivity contribution is 0.143. The predicted octanol–water partition coefficient (Wildman–Crippen LogP) is 2.91. The highest BCUT2D eigenvalue weighted by Crippen LogP contribution is 2.29. The van der Waals surface area contributed by atoms with Crippen LogP contribution in [-0.4, -0.2) is 61.1 Å². The van der Waals surface area contributed by atoms with Crippen molar-refractivity contribution in [3.63, 3.8) is 0 Å². The lowest BCUT2D eigenvalue weighted by Gasteiger charge is -2.35. The van der Waals surface area contributed by atoms with Gasteiger partial charge >= 0.3 is 0 Å². The number of nitrogens with zero attached hydrogens (tertiary/aromatic N) is 3. The monoisotopic (exact) mass is 377 g/mol. The zero-order chi connectivity index (χ0) is 18.4. The van der Waals surface area contributed by atoms with Crippen LogP contribution in [0, 0.1) is 5.92 Å². The molecule has 6 heteroatoms. The van der Waals surface area contributed by atoms with Crippen LogP contribution in [0.2, 0.25) is 0 Å². The molecule has 0 aromatic carbocycles. The lowest BCUT2D eigenvalue weighted by atomic mass is 9.97. The fraction of sp³-hybridized carbons (Fsp3) is 0.750. The van der Waals surface area contributed by atoms with Gasteiger partial charge in [0, 0.05) is 17.5 Å². The number of aliphatic imine (C=N–C) groups is 1. The molecule has 146 valence electrons. The van der Waals surface area contributed by atoms with E-state index in [1.54, 1.807) is 0 Å². The maximum atomic E-state index is 6.20. The molecular weight excluding hydrogens is 342 g/mol. The molecule has 2 saturated heterocycles. The van der Waals surface area contributed by atoms with E-state index < -0.39 is 0 Å². The average molecular weight is 378 g/mol. The Morgan fingerprint density at radius 3 is 2.85 bits per heavy atom. The highest BCUT2D eigenvalue weighted by molar-refractivity contribution is 7.10. The van der Waals surface area contributed by atoms with Crippen LogP contribution in [0.3, 0.4) is 0 Å². The summed E-state index contributed by atoms with van der Waals surface area (Å²) < 4.78 is 0. The van der Waals surface area contributed by atoms with Crippen molar-refractivity contribution in [1.29, 1.82) is 0 Å². The Kier molecular flexibility index (Phi) is 7.34. The fourth-order valence-corrected chi connectivity index (χ4v) is 5.06. The molecule has 2 aliphatic rings. The molecule has 0 saturated carbocycles. The minimum atomic E-state index is 0.362. The van der Waals surface area contributed by atoms with Crippen LogP contribution in [-0.2, 0) is 0 Å². The second-order valence-electron chi connectivity index (χ2n) is 7.78. The summed E-state index contributed by atoms with van der Waals surface area (Å²) in [6.07, 6.45) is 5.13. The Morgan fingerprint density at radius 1 is 1.35 bits per heavy atom. The van der Waals surface area contributed by atoms with Gasteiger partial charge in [0.05, 0.1) is 12.6 Å². The minimum absolute atomic E-state index is 0.362. The average Bonchev–Trinajstić information content (AvgIpc) is 3.33. The standard InChI is InChI=1S/C20H35N5S/c1-3-24-10-4-6-17(24)14-22-20(21)23-15-18(19-7-5-13-26-19)25-11-8-16(2)9-12-25/h5,7,13,16-18H,3-4,6,8-12,14-15H2,1-2H3,(H3,21,22,23). The topological polar surface area (TPSA) is 56.9 Å². The van der Waals surface area contributed by atoms with Gasteiger partial charge in [0.15, 0.2) is 5.96 Å². The molecule has 2 fully saturated rings. The Labute approximate surface area is 162 Å². The van der Waals surface area contributed by atoms with Crippen molar-refractivity contribution < 1.29 is 0 Å². The van der Waals surface area contributed by atoms with E-state index in [0.717, 1.165) is 25.6 Å². The number of hydrogen-bond acceptors (Lipinski definition) is 4. The summed E-state index contributed by atoms with van der Waals surface area (Å²) in [7, 11) is 0. The summed E-state index contributed by atoms with van der Waals surface area (Å²) >= 11 is 1.84. The molecule has 2 aliphatic heterocycles. The molecule has 1 aromatic rings.